The van der Waals surface area contributed by atoms with Gasteiger partial charge >= 0.3 is 0 Å². The lowest BCUT2D eigenvalue weighted by atomic mass is 10.3. The summed E-state index contributed by atoms with van der Waals surface area (Å²) < 4.78 is 22.4. The van der Waals surface area contributed by atoms with Gasteiger partial charge in [-0.05, 0) is 39.9 Å². The van der Waals surface area contributed by atoms with E-state index < -0.39 is 9.84 Å². The Morgan fingerprint density at radius 2 is 2.00 bits per heavy atom. The summed E-state index contributed by atoms with van der Waals surface area (Å²) in [5.74, 6) is 0.928. The maximum atomic E-state index is 11.2. The molecule has 0 aromatic rings. The molecule has 0 radical (unpaired) electrons. The van der Waals surface area contributed by atoms with Crippen LogP contribution in [0.15, 0.2) is 4.99 Å². The Morgan fingerprint density at radius 1 is 1.26 bits per heavy atom. The summed E-state index contributed by atoms with van der Waals surface area (Å²) in [6, 6.07) is 0.0720. The summed E-state index contributed by atoms with van der Waals surface area (Å²) in [5, 5.41) is 6.55. The third-order valence-electron chi connectivity index (χ3n) is 4.06. The van der Waals surface area contributed by atoms with Gasteiger partial charge in [-0.2, -0.15) is 0 Å². The molecule has 0 aromatic heterocycles. The summed E-state index contributed by atoms with van der Waals surface area (Å²) in [6.45, 7) is 8.34. The van der Waals surface area contributed by atoms with E-state index in [1.165, 1.54) is 19.2 Å². The number of nitrogens with zero attached hydrogens (tertiary/aromatic N) is 3. The van der Waals surface area contributed by atoms with Crippen LogP contribution >= 0.6 is 0 Å². The van der Waals surface area contributed by atoms with Crippen molar-refractivity contribution in [1.29, 1.82) is 0 Å². The smallest absolute Gasteiger partial charge is 0.191 e. The minimum atomic E-state index is -2.91. The standard InChI is InChI=1S/C15H33N5O2S/c1-14(6-13-23(4,21)22)18-15(16-2)17-7-10-20-9-5-8-19(3)11-12-20/h14H,5-13H2,1-4H3,(H2,16,17,18). The zero-order valence-corrected chi connectivity index (χ0v) is 15.8. The van der Waals surface area contributed by atoms with Crippen LogP contribution < -0.4 is 10.6 Å². The lowest BCUT2D eigenvalue weighted by Gasteiger charge is -2.22. The highest BCUT2D eigenvalue weighted by atomic mass is 32.2. The summed E-state index contributed by atoms with van der Waals surface area (Å²) in [6.07, 6.45) is 3.06. The van der Waals surface area contributed by atoms with Crippen LogP contribution in [0, 0.1) is 0 Å². The molecule has 0 saturated carbocycles. The van der Waals surface area contributed by atoms with Crippen LogP contribution in [0.3, 0.4) is 0 Å². The normalized spacial score (nSPS) is 20.1. The van der Waals surface area contributed by atoms with Gasteiger partial charge in [0.25, 0.3) is 0 Å². The maximum Gasteiger partial charge on any atom is 0.191 e. The predicted molar refractivity (Wildman–Crippen MR) is 96.8 cm³/mol. The summed E-state index contributed by atoms with van der Waals surface area (Å²) in [5.41, 5.74) is 0. The zero-order chi connectivity index (χ0) is 17.3. The predicted octanol–water partition coefficient (Wildman–Crippen LogP) is -0.388. The molecule has 0 bridgehead atoms. The Labute approximate surface area is 141 Å². The van der Waals surface area contributed by atoms with Crippen molar-refractivity contribution in [2.75, 3.05) is 65.4 Å². The van der Waals surface area contributed by atoms with E-state index in [9.17, 15) is 8.42 Å². The van der Waals surface area contributed by atoms with Gasteiger partial charge in [0.05, 0.1) is 5.75 Å². The molecule has 1 heterocycles. The summed E-state index contributed by atoms with van der Waals surface area (Å²) in [7, 11) is 0.996. The van der Waals surface area contributed by atoms with Gasteiger partial charge in [0, 0.05) is 45.5 Å². The van der Waals surface area contributed by atoms with E-state index in [0.29, 0.717) is 6.42 Å². The van der Waals surface area contributed by atoms with Gasteiger partial charge < -0.3 is 20.4 Å². The highest BCUT2D eigenvalue weighted by Gasteiger charge is 2.12. The fourth-order valence-corrected chi connectivity index (χ4v) is 3.33. The van der Waals surface area contributed by atoms with Crippen molar-refractivity contribution in [3.05, 3.63) is 0 Å². The first kappa shape index (κ1) is 20.2. The molecule has 0 aromatic carbocycles. The van der Waals surface area contributed by atoms with Crippen molar-refractivity contribution in [2.24, 2.45) is 4.99 Å². The fraction of sp³-hybridized carbons (Fsp3) is 0.933. The second kappa shape index (κ2) is 10.1. The van der Waals surface area contributed by atoms with Gasteiger partial charge in [-0.25, -0.2) is 8.42 Å². The van der Waals surface area contributed by atoms with Crippen LogP contribution in [0.1, 0.15) is 19.8 Å². The summed E-state index contributed by atoms with van der Waals surface area (Å²) in [4.78, 5) is 9.05. The van der Waals surface area contributed by atoms with E-state index in [4.69, 9.17) is 0 Å². The van der Waals surface area contributed by atoms with Crippen LogP contribution in [-0.4, -0.2) is 95.6 Å². The topological polar surface area (TPSA) is 77.0 Å². The first-order valence-corrected chi connectivity index (χ1v) is 10.4. The molecule has 1 rings (SSSR count). The number of hydrogen-bond acceptors (Lipinski definition) is 5. The molecule has 1 saturated heterocycles. The number of aliphatic imine (C=N–C) groups is 1. The molecule has 8 heteroatoms. The molecule has 1 atom stereocenters. The first-order chi connectivity index (χ1) is 10.8. The molecule has 1 aliphatic rings. The van der Waals surface area contributed by atoms with Crippen LogP contribution in [-0.2, 0) is 9.84 Å². The fourth-order valence-electron chi connectivity index (χ4n) is 2.55. The van der Waals surface area contributed by atoms with E-state index in [1.807, 2.05) is 6.92 Å². The minimum absolute atomic E-state index is 0.0720. The largest absolute Gasteiger partial charge is 0.355 e. The van der Waals surface area contributed by atoms with E-state index in [0.717, 1.165) is 38.7 Å². The number of guanidine groups is 1. The van der Waals surface area contributed by atoms with Crippen molar-refractivity contribution in [2.45, 2.75) is 25.8 Å². The number of likely N-dealkylation sites (N-methyl/N-ethyl adjacent to an activating group) is 1. The molecule has 0 spiro atoms. The number of rotatable bonds is 7. The first-order valence-electron chi connectivity index (χ1n) is 8.36. The number of nitrogens with one attached hydrogen (secondary N) is 2. The van der Waals surface area contributed by atoms with Crippen molar-refractivity contribution < 1.29 is 8.42 Å². The van der Waals surface area contributed by atoms with Crippen LogP contribution in [0.4, 0.5) is 0 Å². The molecule has 0 amide bonds. The van der Waals surface area contributed by atoms with Crippen molar-refractivity contribution in [3.63, 3.8) is 0 Å². The molecule has 1 fully saturated rings. The second-order valence-corrected chi connectivity index (χ2v) is 8.72. The molecule has 7 nitrogen and oxygen atoms in total. The van der Waals surface area contributed by atoms with Gasteiger partial charge in [-0.15, -0.1) is 0 Å². The Kier molecular flexibility index (Phi) is 8.86. The van der Waals surface area contributed by atoms with Gasteiger partial charge in [-0.1, -0.05) is 0 Å². The average Bonchev–Trinajstić information content (AvgIpc) is 2.68. The van der Waals surface area contributed by atoms with E-state index in [2.05, 4.69) is 32.5 Å². The third kappa shape index (κ3) is 9.78. The van der Waals surface area contributed by atoms with Crippen LogP contribution in [0.2, 0.25) is 0 Å². The molecule has 0 aliphatic carbocycles. The highest BCUT2D eigenvalue weighted by molar-refractivity contribution is 7.90. The van der Waals surface area contributed by atoms with Gasteiger partial charge in [-0.3, -0.25) is 4.99 Å². The second-order valence-electron chi connectivity index (χ2n) is 6.46. The molecule has 1 unspecified atom stereocenters. The molecule has 2 N–H and O–H groups in total. The molecule has 1 aliphatic heterocycles. The van der Waals surface area contributed by atoms with Crippen LogP contribution in [0.5, 0.6) is 0 Å². The van der Waals surface area contributed by atoms with E-state index >= 15 is 0 Å². The van der Waals surface area contributed by atoms with Gasteiger partial charge in [0.15, 0.2) is 5.96 Å². The van der Waals surface area contributed by atoms with Gasteiger partial charge in [0.2, 0.25) is 0 Å². The molecular formula is C15H33N5O2S. The number of hydrogen-bond donors (Lipinski definition) is 2. The van der Waals surface area contributed by atoms with Crippen molar-refractivity contribution >= 4 is 15.8 Å². The van der Waals surface area contributed by atoms with Crippen molar-refractivity contribution in [3.8, 4) is 0 Å². The highest BCUT2D eigenvalue weighted by Crippen LogP contribution is 2.00. The Bertz CT molecular complexity index is 466. The van der Waals surface area contributed by atoms with E-state index in [-0.39, 0.29) is 11.8 Å². The Hall–Kier alpha value is -0.860. The number of sulfone groups is 1. The van der Waals surface area contributed by atoms with Crippen LogP contribution in [0.25, 0.3) is 0 Å². The monoisotopic (exact) mass is 347 g/mol. The molecular weight excluding hydrogens is 314 g/mol. The average molecular weight is 348 g/mol. The quantitative estimate of drug-likeness (QED) is 0.483. The molecule has 136 valence electrons. The zero-order valence-electron chi connectivity index (χ0n) is 15.0. The Balaban J connectivity index is 2.25. The lowest BCUT2D eigenvalue weighted by molar-refractivity contribution is 0.280. The molecule has 23 heavy (non-hydrogen) atoms. The van der Waals surface area contributed by atoms with Crippen molar-refractivity contribution in [1.82, 2.24) is 20.4 Å². The third-order valence-corrected chi connectivity index (χ3v) is 5.04. The maximum absolute atomic E-state index is 11.2. The lowest BCUT2D eigenvalue weighted by Crippen LogP contribution is -2.45. The summed E-state index contributed by atoms with van der Waals surface area (Å²) >= 11 is 0. The SMILES string of the molecule is CN=C(NCCN1CCCN(C)CC1)NC(C)CCS(C)(=O)=O. The van der Waals surface area contributed by atoms with E-state index in [1.54, 1.807) is 7.05 Å². The minimum Gasteiger partial charge on any atom is -0.355 e. The Morgan fingerprint density at radius 3 is 2.65 bits per heavy atom. The van der Waals surface area contributed by atoms with Gasteiger partial charge in [0.1, 0.15) is 9.84 Å².